The average molecular weight is 395 g/mol. The first-order valence-electron chi connectivity index (χ1n) is 9.78. The van der Waals surface area contributed by atoms with Crippen molar-refractivity contribution < 1.29 is 24.1 Å². The van der Waals surface area contributed by atoms with Gasteiger partial charge in [0.2, 0.25) is 6.29 Å². The number of carbonyl (C=O) groups is 1. The highest BCUT2D eigenvalue weighted by Gasteiger charge is 2.34. The van der Waals surface area contributed by atoms with Gasteiger partial charge in [0.15, 0.2) is 5.76 Å². The van der Waals surface area contributed by atoms with Gasteiger partial charge in [-0.15, -0.1) is 0 Å². The Labute approximate surface area is 170 Å². The molecule has 2 atom stereocenters. The largest absolute Gasteiger partial charge is 0.497 e. The molecular formula is C23H25NO5. The number of hydrogen-bond acceptors (Lipinski definition) is 5. The summed E-state index contributed by atoms with van der Waals surface area (Å²) in [7, 11) is 1.64. The number of nitrogens with zero attached hydrogens (tertiary/aromatic N) is 1. The van der Waals surface area contributed by atoms with Crippen LogP contribution in [0.15, 0.2) is 60.4 Å². The van der Waals surface area contributed by atoms with Crippen molar-refractivity contribution in [2.45, 2.75) is 31.8 Å². The van der Waals surface area contributed by atoms with Gasteiger partial charge in [-0.05, 0) is 34.9 Å². The second-order valence-electron chi connectivity index (χ2n) is 7.27. The summed E-state index contributed by atoms with van der Waals surface area (Å²) in [5.41, 5.74) is 2.93. The lowest BCUT2D eigenvalue weighted by Gasteiger charge is -2.29. The molecule has 1 fully saturated rings. The first-order chi connectivity index (χ1) is 14.2. The molecule has 0 spiro atoms. The molecule has 2 aliphatic rings. The fraction of sp³-hybridized carbons (Fsp3) is 0.348. The molecule has 2 aromatic carbocycles. The zero-order valence-corrected chi connectivity index (χ0v) is 16.4. The van der Waals surface area contributed by atoms with E-state index in [2.05, 4.69) is 0 Å². The van der Waals surface area contributed by atoms with Crippen LogP contribution in [-0.4, -0.2) is 42.4 Å². The fourth-order valence-electron chi connectivity index (χ4n) is 3.33. The summed E-state index contributed by atoms with van der Waals surface area (Å²) in [6.45, 7) is 1.94. The van der Waals surface area contributed by atoms with Crippen LogP contribution in [0.4, 0.5) is 0 Å². The van der Waals surface area contributed by atoms with Gasteiger partial charge in [0.25, 0.3) is 5.91 Å². The van der Waals surface area contributed by atoms with E-state index in [4.69, 9.17) is 19.3 Å². The van der Waals surface area contributed by atoms with Crippen molar-refractivity contribution in [2.24, 2.45) is 0 Å². The number of hydrogen-bond donors (Lipinski definition) is 1. The van der Waals surface area contributed by atoms with Crippen LogP contribution in [0.25, 0.3) is 0 Å². The van der Waals surface area contributed by atoms with Crippen molar-refractivity contribution in [3.8, 4) is 5.75 Å². The Morgan fingerprint density at radius 2 is 1.79 bits per heavy atom. The molecule has 6 heteroatoms. The smallest absolute Gasteiger partial charge is 0.288 e. The van der Waals surface area contributed by atoms with Crippen LogP contribution in [0.2, 0.25) is 0 Å². The quantitative estimate of drug-likeness (QED) is 0.730. The highest BCUT2D eigenvalue weighted by molar-refractivity contribution is 5.93. The molecule has 1 amide bonds. The van der Waals surface area contributed by atoms with E-state index in [-0.39, 0.29) is 18.4 Å². The van der Waals surface area contributed by atoms with Crippen LogP contribution < -0.4 is 4.74 Å². The van der Waals surface area contributed by atoms with Crippen molar-refractivity contribution in [1.82, 2.24) is 4.90 Å². The van der Waals surface area contributed by atoms with Crippen LogP contribution >= 0.6 is 0 Å². The Hall–Kier alpha value is -2.83. The van der Waals surface area contributed by atoms with E-state index < -0.39 is 6.29 Å². The van der Waals surface area contributed by atoms with Gasteiger partial charge in [-0.2, -0.15) is 0 Å². The molecular weight excluding hydrogens is 370 g/mol. The number of allylic oxidation sites excluding steroid dienone is 1. The third-order valence-corrected chi connectivity index (χ3v) is 5.19. The highest BCUT2D eigenvalue weighted by Crippen LogP contribution is 2.33. The minimum absolute atomic E-state index is 0.0170. The fourth-order valence-corrected chi connectivity index (χ4v) is 3.33. The zero-order chi connectivity index (χ0) is 20.2. The lowest BCUT2D eigenvalue weighted by molar-refractivity contribution is -0.152. The second kappa shape index (κ2) is 8.68. The van der Waals surface area contributed by atoms with Gasteiger partial charge >= 0.3 is 0 Å². The molecule has 2 aromatic rings. The molecule has 29 heavy (non-hydrogen) atoms. The van der Waals surface area contributed by atoms with Crippen molar-refractivity contribution in [2.75, 3.05) is 20.2 Å². The van der Waals surface area contributed by atoms with E-state index in [1.807, 2.05) is 54.6 Å². The van der Waals surface area contributed by atoms with E-state index in [9.17, 15) is 4.79 Å². The van der Waals surface area contributed by atoms with Crippen LogP contribution in [0.3, 0.4) is 0 Å². The topological polar surface area (TPSA) is 68.0 Å². The summed E-state index contributed by atoms with van der Waals surface area (Å²) in [5.74, 6) is 1.10. The zero-order valence-electron chi connectivity index (χ0n) is 16.4. The van der Waals surface area contributed by atoms with Gasteiger partial charge in [0, 0.05) is 25.4 Å². The predicted octanol–water partition coefficient (Wildman–Crippen LogP) is 2.96. The summed E-state index contributed by atoms with van der Waals surface area (Å²) in [5, 5.41) is 9.16. The maximum absolute atomic E-state index is 12.6. The molecule has 6 nitrogen and oxygen atoms in total. The predicted molar refractivity (Wildman–Crippen MR) is 107 cm³/mol. The normalized spacial score (nSPS) is 20.6. The van der Waals surface area contributed by atoms with Crippen LogP contribution in [-0.2, 0) is 27.5 Å². The van der Waals surface area contributed by atoms with Crippen molar-refractivity contribution in [3.05, 3.63) is 77.1 Å². The standard InChI is InChI=1S/C23H25NO5/c1-27-20-8-6-18(7-9-20)19-12-21(23(26)24-10-11-24)29-22(13-19)28-15-17-4-2-16(14-25)3-5-17/h2-9,12,19,22,25H,10-11,13-15H2,1H3/t19-,22+/m1/s1. The Balaban J connectivity index is 1.48. The summed E-state index contributed by atoms with van der Waals surface area (Å²) in [6.07, 6.45) is 2.01. The van der Waals surface area contributed by atoms with Gasteiger partial charge in [-0.1, -0.05) is 36.4 Å². The SMILES string of the molecule is COc1ccc([C@@H]2C=C(C(=O)N3CC3)O[C@H](OCc3ccc(CO)cc3)C2)cc1. The molecule has 0 radical (unpaired) electrons. The molecule has 0 unspecified atom stereocenters. The van der Waals surface area contributed by atoms with E-state index in [1.54, 1.807) is 12.0 Å². The number of aliphatic hydroxyl groups excluding tert-OH is 1. The van der Waals surface area contributed by atoms with Gasteiger partial charge in [-0.25, -0.2) is 0 Å². The lowest BCUT2D eigenvalue weighted by Crippen LogP contribution is -2.29. The Kier molecular flexibility index (Phi) is 5.83. The van der Waals surface area contributed by atoms with Crippen molar-refractivity contribution in [3.63, 3.8) is 0 Å². The molecule has 4 rings (SSSR count). The number of amides is 1. The molecule has 0 aromatic heterocycles. The molecule has 152 valence electrons. The van der Waals surface area contributed by atoms with Crippen molar-refractivity contribution in [1.29, 1.82) is 0 Å². The number of methoxy groups -OCH3 is 1. The molecule has 0 aliphatic carbocycles. The monoisotopic (exact) mass is 395 g/mol. The summed E-state index contributed by atoms with van der Waals surface area (Å²) < 4.78 is 17.1. The highest BCUT2D eigenvalue weighted by atomic mass is 16.7. The van der Waals surface area contributed by atoms with E-state index in [0.717, 1.165) is 35.5 Å². The molecule has 2 aliphatic heterocycles. The first-order valence-corrected chi connectivity index (χ1v) is 9.78. The minimum atomic E-state index is -0.511. The second-order valence-corrected chi connectivity index (χ2v) is 7.27. The minimum Gasteiger partial charge on any atom is -0.497 e. The number of rotatable bonds is 7. The van der Waals surface area contributed by atoms with Gasteiger partial charge < -0.3 is 24.2 Å². The van der Waals surface area contributed by atoms with E-state index >= 15 is 0 Å². The van der Waals surface area contributed by atoms with Crippen LogP contribution in [0, 0.1) is 0 Å². The maximum atomic E-state index is 12.6. The van der Waals surface area contributed by atoms with Crippen LogP contribution in [0.1, 0.15) is 29.0 Å². The summed E-state index contributed by atoms with van der Waals surface area (Å²) in [6, 6.07) is 15.4. The Bertz CT molecular complexity index is 871. The third kappa shape index (κ3) is 4.78. The van der Waals surface area contributed by atoms with Gasteiger partial charge in [0.1, 0.15) is 5.75 Å². The van der Waals surface area contributed by atoms with Crippen LogP contribution in [0.5, 0.6) is 5.75 Å². The van der Waals surface area contributed by atoms with Gasteiger partial charge in [-0.3, -0.25) is 4.79 Å². The Morgan fingerprint density at radius 3 is 2.41 bits per heavy atom. The Morgan fingerprint density at radius 1 is 1.10 bits per heavy atom. The molecule has 1 saturated heterocycles. The maximum Gasteiger partial charge on any atom is 0.288 e. The molecule has 0 saturated carbocycles. The lowest BCUT2D eigenvalue weighted by atomic mass is 9.93. The first kappa shape index (κ1) is 19.5. The van der Waals surface area contributed by atoms with E-state index in [1.165, 1.54) is 0 Å². The summed E-state index contributed by atoms with van der Waals surface area (Å²) >= 11 is 0. The molecule has 2 heterocycles. The number of ether oxygens (including phenoxy) is 3. The summed E-state index contributed by atoms with van der Waals surface area (Å²) in [4.78, 5) is 14.3. The van der Waals surface area contributed by atoms with Gasteiger partial charge in [0.05, 0.1) is 20.3 Å². The average Bonchev–Trinajstić information content (AvgIpc) is 3.63. The molecule has 0 bridgehead atoms. The van der Waals surface area contributed by atoms with Crippen molar-refractivity contribution >= 4 is 5.91 Å². The molecule has 1 N–H and O–H groups in total. The number of carbonyl (C=O) groups excluding carboxylic acids is 1. The number of aliphatic hydroxyl groups is 1. The number of benzene rings is 2. The third-order valence-electron chi connectivity index (χ3n) is 5.19. The van der Waals surface area contributed by atoms with E-state index in [0.29, 0.717) is 18.8 Å².